The van der Waals surface area contributed by atoms with Gasteiger partial charge in [-0.15, -0.1) is 0 Å². The molecule has 7 heteroatoms. The SMILES string of the molecule is CC1CCNCC1NC(=O)COc1ccc([N+](=O)[O-])cc1. The van der Waals surface area contributed by atoms with Crippen molar-refractivity contribution in [2.24, 2.45) is 5.92 Å². The number of rotatable bonds is 5. The molecule has 1 heterocycles. The van der Waals surface area contributed by atoms with Crippen LogP contribution in [-0.2, 0) is 4.79 Å². The number of non-ortho nitro benzene ring substituents is 1. The first-order valence-corrected chi connectivity index (χ1v) is 6.93. The molecule has 1 aromatic carbocycles. The molecule has 2 rings (SSSR count). The fourth-order valence-corrected chi connectivity index (χ4v) is 2.24. The number of nitrogens with zero attached hydrogens (tertiary/aromatic N) is 1. The molecular weight excluding hydrogens is 274 g/mol. The number of piperidine rings is 1. The molecule has 1 saturated heterocycles. The molecule has 0 radical (unpaired) electrons. The van der Waals surface area contributed by atoms with Crippen molar-refractivity contribution in [1.82, 2.24) is 10.6 Å². The Balaban J connectivity index is 1.79. The van der Waals surface area contributed by atoms with Gasteiger partial charge in [0.15, 0.2) is 6.61 Å². The van der Waals surface area contributed by atoms with Crippen LogP contribution in [0.5, 0.6) is 5.75 Å². The number of carbonyl (C=O) groups is 1. The van der Waals surface area contributed by atoms with Crippen LogP contribution < -0.4 is 15.4 Å². The Morgan fingerprint density at radius 1 is 1.48 bits per heavy atom. The molecule has 0 bridgehead atoms. The summed E-state index contributed by atoms with van der Waals surface area (Å²) < 4.78 is 5.32. The molecule has 0 aromatic heterocycles. The lowest BCUT2D eigenvalue weighted by Crippen LogP contribution is -2.51. The van der Waals surface area contributed by atoms with Crippen LogP contribution in [-0.4, -0.2) is 36.6 Å². The molecule has 1 fully saturated rings. The monoisotopic (exact) mass is 293 g/mol. The molecule has 1 aromatic rings. The van der Waals surface area contributed by atoms with Gasteiger partial charge in [-0.3, -0.25) is 14.9 Å². The van der Waals surface area contributed by atoms with Gasteiger partial charge in [0, 0.05) is 24.7 Å². The summed E-state index contributed by atoms with van der Waals surface area (Å²) >= 11 is 0. The van der Waals surface area contributed by atoms with Gasteiger partial charge in [-0.2, -0.15) is 0 Å². The van der Waals surface area contributed by atoms with Crippen LogP contribution >= 0.6 is 0 Å². The van der Waals surface area contributed by atoms with Crippen molar-refractivity contribution in [2.75, 3.05) is 19.7 Å². The summed E-state index contributed by atoms with van der Waals surface area (Å²) in [4.78, 5) is 21.9. The van der Waals surface area contributed by atoms with Crippen LogP contribution in [0.25, 0.3) is 0 Å². The van der Waals surface area contributed by atoms with Crippen molar-refractivity contribution < 1.29 is 14.5 Å². The van der Waals surface area contributed by atoms with Crippen molar-refractivity contribution >= 4 is 11.6 Å². The molecule has 7 nitrogen and oxygen atoms in total. The normalized spacial score (nSPS) is 21.6. The van der Waals surface area contributed by atoms with Crippen LogP contribution in [0.2, 0.25) is 0 Å². The number of hydrogen-bond donors (Lipinski definition) is 2. The Hall–Kier alpha value is -2.15. The summed E-state index contributed by atoms with van der Waals surface area (Å²) in [5.41, 5.74) is -0.00564. The van der Waals surface area contributed by atoms with Gasteiger partial charge in [-0.05, 0) is 31.0 Å². The molecule has 1 amide bonds. The van der Waals surface area contributed by atoms with Crippen LogP contribution in [0.4, 0.5) is 5.69 Å². The van der Waals surface area contributed by atoms with Crippen molar-refractivity contribution in [1.29, 1.82) is 0 Å². The van der Waals surface area contributed by atoms with Crippen LogP contribution in [0.1, 0.15) is 13.3 Å². The van der Waals surface area contributed by atoms with Gasteiger partial charge < -0.3 is 15.4 Å². The predicted molar refractivity (Wildman–Crippen MR) is 77.2 cm³/mol. The lowest BCUT2D eigenvalue weighted by atomic mass is 9.95. The highest BCUT2D eigenvalue weighted by molar-refractivity contribution is 5.77. The number of nitro groups is 1. The molecule has 114 valence electrons. The Kier molecular flexibility index (Phi) is 5.10. The highest BCUT2D eigenvalue weighted by Crippen LogP contribution is 2.17. The van der Waals surface area contributed by atoms with E-state index in [2.05, 4.69) is 17.6 Å². The number of nitro benzene ring substituents is 1. The zero-order valence-electron chi connectivity index (χ0n) is 11.9. The van der Waals surface area contributed by atoms with E-state index in [4.69, 9.17) is 4.74 Å². The lowest BCUT2D eigenvalue weighted by Gasteiger charge is -2.30. The minimum absolute atomic E-state index is 0.00564. The fourth-order valence-electron chi connectivity index (χ4n) is 2.24. The number of carbonyl (C=O) groups excluding carboxylic acids is 1. The smallest absolute Gasteiger partial charge is 0.269 e. The van der Waals surface area contributed by atoms with Crippen molar-refractivity contribution in [2.45, 2.75) is 19.4 Å². The van der Waals surface area contributed by atoms with Crippen molar-refractivity contribution in [3.05, 3.63) is 34.4 Å². The summed E-state index contributed by atoms with van der Waals surface area (Å²) in [7, 11) is 0. The first-order chi connectivity index (χ1) is 10.1. The van der Waals surface area contributed by atoms with E-state index < -0.39 is 4.92 Å². The first kappa shape index (κ1) is 15.2. The fraction of sp³-hybridized carbons (Fsp3) is 0.500. The second-order valence-electron chi connectivity index (χ2n) is 5.18. The van der Waals surface area contributed by atoms with Gasteiger partial charge in [-0.25, -0.2) is 0 Å². The van der Waals surface area contributed by atoms with E-state index in [-0.39, 0.29) is 24.2 Å². The van der Waals surface area contributed by atoms with Crippen molar-refractivity contribution in [3.8, 4) is 5.75 Å². The second kappa shape index (κ2) is 7.03. The van der Waals surface area contributed by atoms with E-state index >= 15 is 0 Å². The Morgan fingerprint density at radius 3 is 2.81 bits per heavy atom. The van der Waals surface area contributed by atoms with Gasteiger partial charge in [0.2, 0.25) is 0 Å². The Morgan fingerprint density at radius 2 is 2.19 bits per heavy atom. The largest absolute Gasteiger partial charge is 0.484 e. The minimum Gasteiger partial charge on any atom is -0.484 e. The van der Waals surface area contributed by atoms with Crippen LogP contribution in [0.15, 0.2) is 24.3 Å². The molecule has 1 aliphatic rings. The second-order valence-corrected chi connectivity index (χ2v) is 5.18. The maximum absolute atomic E-state index is 11.8. The molecule has 0 aliphatic carbocycles. The standard InChI is InChI=1S/C14H19N3O4/c1-10-6-7-15-8-13(10)16-14(18)9-21-12-4-2-11(3-5-12)17(19)20/h2-5,10,13,15H,6-9H2,1H3,(H,16,18). The van der Waals surface area contributed by atoms with Gasteiger partial charge in [0.05, 0.1) is 4.92 Å². The number of ether oxygens (including phenoxy) is 1. The lowest BCUT2D eigenvalue weighted by molar-refractivity contribution is -0.384. The number of nitrogens with one attached hydrogen (secondary N) is 2. The van der Waals surface area contributed by atoms with Crippen molar-refractivity contribution in [3.63, 3.8) is 0 Å². The number of amides is 1. The summed E-state index contributed by atoms with van der Waals surface area (Å²) in [6.07, 6.45) is 1.04. The number of benzene rings is 1. The highest BCUT2D eigenvalue weighted by Gasteiger charge is 2.22. The zero-order valence-corrected chi connectivity index (χ0v) is 11.9. The number of hydrogen-bond acceptors (Lipinski definition) is 5. The highest BCUT2D eigenvalue weighted by atomic mass is 16.6. The summed E-state index contributed by atoms with van der Waals surface area (Å²) in [5.74, 6) is 0.689. The van der Waals surface area contributed by atoms with Gasteiger partial charge in [0.1, 0.15) is 5.75 Å². The summed E-state index contributed by atoms with van der Waals surface area (Å²) in [5, 5.41) is 16.7. The zero-order chi connectivity index (χ0) is 15.2. The maximum Gasteiger partial charge on any atom is 0.269 e. The quantitative estimate of drug-likeness (QED) is 0.626. The first-order valence-electron chi connectivity index (χ1n) is 6.93. The van der Waals surface area contributed by atoms with E-state index in [1.807, 2.05) is 0 Å². The molecule has 0 spiro atoms. The van der Waals surface area contributed by atoms with E-state index in [1.54, 1.807) is 0 Å². The maximum atomic E-state index is 11.8. The summed E-state index contributed by atoms with van der Waals surface area (Å²) in [6.45, 7) is 3.77. The molecule has 21 heavy (non-hydrogen) atoms. The van der Waals surface area contributed by atoms with E-state index in [9.17, 15) is 14.9 Å². The Bertz CT molecular complexity index is 503. The molecule has 2 unspecified atom stereocenters. The van der Waals surface area contributed by atoms with Gasteiger partial charge >= 0.3 is 0 Å². The van der Waals surface area contributed by atoms with E-state index in [0.29, 0.717) is 11.7 Å². The minimum atomic E-state index is -0.478. The summed E-state index contributed by atoms with van der Waals surface area (Å²) in [6, 6.07) is 5.78. The van der Waals surface area contributed by atoms with Gasteiger partial charge in [0.25, 0.3) is 11.6 Å². The predicted octanol–water partition coefficient (Wildman–Crippen LogP) is 1.09. The van der Waals surface area contributed by atoms with Crippen LogP contribution in [0.3, 0.4) is 0 Å². The third kappa shape index (κ3) is 4.42. The Labute approximate surface area is 122 Å². The molecular formula is C14H19N3O4. The molecule has 2 N–H and O–H groups in total. The molecule has 0 saturated carbocycles. The average Bonchev–Trinajstić information content (AvgIpc) is 2.48. The van der Waals surface area contributed by atoms with E-state index in [1.165, 1.54) is 24.3 Å². The molecule has 1 aliphatic heterocycles. The van der Waals surface area contributed by atoms with E-state index in [0.717, 1.165) is 19.5 Å². The van der Waals surface area contributed by atoms with Crippen LogP contribution in [0, 0.1) is 16.0 Å². The molecule has 2 atom stereocenters. The third-order valence-corrected chi connectivity index (χ3v) is 3.59. The van der Waals surface area contributed by atoms with Gasteiger partial charge in [-0.1, -0.05) is 6.92 Å². The topological polar surface area (TPSA) is 93.5 Å². The average molecular weight is 293 g/mol. The third-order valence-electron chi connectivity index (χ3n) is 3.59.